The van der Waals surface area contributed by atoms with Gasteiger partial charge in [0.1, 0.15) is 6.61 Å². The molecule has 1 N–H and O–H groups in total. The summed E-state index contributed by atoms with van der Waals surface area (Å²) in [4.78, 5) is 15.4. The maximum absolute atomic E-state index is 11.5. The molecule has 0 saturated heterocycles. The lowest BCUT2D eigenvalue weighted by Gasteiger charge is -2.05. The number of benzene rings is 1. The van der Waals surface area contributed by atoms with Crippen LogP contribution < -0.4 is 5.32 Å². The van der Waals surface area contributed by atoms with Crippen molar-refractivity contribution in [3.63, 3.8) is 0 Å². The zero-order valence-electron chi connectivity index (χ0n) is 12.2. The van der Waals surface area contributed by atoms with Crippen molar-refractivity contribution in [3.8, 4) is 11.8 Å². The monoisotopic (exact) mass is 348 g/mol. The highest BCUT2D eigenvalue weighted by Crippen LogP contribution is 2.21. The van der Waals surface area contributed by atoms with Crippen molar-refractivity contribution in [1.29, 1.82) is 0 Å². The van der Waals surface area contributed by atoms with E-state index in [-0.39, 0.29) is 6.61 Å². The Morgan fingerprint density at radius 1 is 1.17 bits per heavy atom. The minimum absolute atomic E-state index is 0.237. The van der Waals surface area contributed by atoms with Gasteiger partial charge in [0, 0.05) is 25.4 Å². The predicted octanol–water partition coefficient (Wildman–Crippen LogP) is 4.06. The van der Waals surface area contributed by atoms with Crippen molar-refractivity contribution in [2.24, 2.45) is 0 Å². The number of aromatic nitrogens is 1. The number of amides is 1. The molecule has 0 fully saturated rings. The Balaban J connectivity index is 1.71. The van der Waals surface area contributed by atoms with Gasteiger partial charge in [0.2, 0.25) is 0 Å². The molecule has 0 radical (unpaired) electrons. The molecule has 2 rings (SSSR count). The van der Waals surface area contributed by atoms with Crippen molar-refractivity contribution >= 4 is 29.3 Å². The molecular weight excluding hydrogens is 335 g/mol. The summed E-state index contributed by atoms with van der Waals surface area (Å²) >= 11 is 11.9. The third kappa shape index (κ3) is 5.82. The number of carbonyl (C=O) groups is 1. The molecule has 4 nitrogen and oxygen atoms in total. The van der Waals surface area contributed by atoms with Crippen LogP contribution in [0.2, 0.25) is 10.0 Å². The lowest BCUT2D eigenvalue weighted by Crippen LogP contribution is -2.24. The Kier molecular flexibility index (Phi) is 6.74. The van der Waals surface area contributed by atoms with Crippen LogP contribution in [0.25, 0.3) is 0 Å². The van der Waals surface area contributed by atoms with Gasteiger partial charge in [-0.15, -0.1) is 0 Å². The first-order valence-electron chi connectivity index (χ1n) is 6.89. The lowest BCUT2D eigenvalue weighted by molar-refractivity contribution is 0.140. The van der Waals surface area contributed by atoms with Crippen molar-refractivity contribution in [3.05, 3.63) is 63.9 Å². The highest BCUT2D eigenvalue weighted by atomic mass is 35.5. The van der Waals surface area contributed by atoms with E-state index < -0.39 is 6.09 Å². The molecule has 0 unspecified atom stereocenters. The molecule has 0 aliphatic rings. The fraction of sp³-hybridized carbons (Fsp3) is 0.176. The van der Waals surface area contributed by atoms with E-state index in [0.717, 1.165) is 5.56 Å². The molecule has 0 atom stereocenters. The Morgan fingerprint density at radius 2 is 1.87 bits per heavy atom. The summed E-state index contributed by atoms with van der Waals surface area (Å²) in [5.74, 6) is 5.76. The van der Waals surface area contributed by atoms with Crippen LogP contribution in [0.4, 0.5) is 4.79 Å². The van der Waals surface area contributed by atoms with Crippen molar-refractivity contribution < 1.29 is 9.53 Å². The first-order chi connectivity index (χ1) is 11.2. The number of nitrogens with zero attached hydrogens (tertiary/aromatic N) is 1. The highest BCUT2D eigenvalue weighted by Gasteiger charge is 2.03. The van der Waals surface area contributed by atoms with E-state index in [0.29, 0.717) is 28.6 Å². The first kappa shape index (κ1) is 17.1. The normalized spacial score (nSPS) is 9.65. The Labute approximate surface area is 144 Å². The molecule has 0 bridgehead atoms. The van der Waals surface area contributed by atoms with Crippen LogP contribution in [-0.4, -0.2) is 17.6 Å². The minimum Gasteiger partial charge on any atom is -0.445 e. The average Bonchev–Trinajstić information content (AvgIpc) is 2.56. The molecule has 1 amide bonds. The SMILES string of the molecule is O=C(NCCC#Cc1c(Cl)cncc1Cl)OCc1ccccc1. The van der Waals surface area contributed by atoms with E-state index in [1.165, 1.54) is 12.4 Å². The van der Waals surface area contributed by atoms with Crippen LogP contribution in [0.5, 0.6) is 0 Å². The summed E-state index contributed by atoms with van der Waals surface area (Å²) in [6.45, 7) is 0.613. The van der Waals surface area contributed by atoms with Crippen LogP contribution in [0.15, 0.2) is 42.7 Å². The quantitative estimate of drug-likeness (QED) is 0.669. The molecule has 0 saturated carbocycles. The second kappa shape index (κ2) is 9.04. The molecule has 0 spiro atoms. The van der Waals surface area contributed by atoms with E-state index in [1.54, 1.807) is 0 Å². The van der Waals surface area contributed by atoms with Gasteiger partial charge < -0.3 is 10.1 Å². The smallest absolute Gasteiger partial charge is 0.407 e. The van der Waals surface area contributed by atoms with Crippen molar-refractivity contribution in [2.45, 2.75) is 13.0 Å². The fourth-order valence-corrected chi connectivity index (χ4v) is 2.14. The number of alkyl carbamates (subject to hydrolysis) is 1. The van der Waals surface area contributed by atoms with E-state index >= 15 is 0 Å². The number of pyridine rings is 1. The number of nitrogens with one attached hydrogen (secondary N) is 1. The zero-order chi connectivity index (χ0) is 16.5. The Bertz CT molecular complexity index is 704. The molecule has 1 aromatic heterocycles. The van der Waals surface area contributed by atoms with Crippen LogP contribution in [0.3, 0.4) is 0 Å². The van der Waals surface area contributed by atoms with Gasteiger partial charge in [-0.05, 0) is 5.56 Å². The molecule has 23 heavy (non-hydrogen) atoms. The van der Waals surface area contributed by atoms with E-state index in [4.69, 9.17) is 27.9 Å². The molecule has 1 aromatic carbocycles. The van der Waals surface area contributed by atoms with Gasteiger partial charge in [0.15, 0.2) is 0 Å². The molecular formula is C17H14Cl2N2O2. The highest BCUT2D eigenvalue weighted by molar-refractivity contribution is 6.36. The lowest BCUT2D eigenvalue weighted by atomic mass is 10.2. The van der Waals surface area contributed by atoms with E-state index in [1.807, 2.05) is 30.3 Å². The third-order valence-electron chi connectivity index (χ3n) is 2.80. The number of halogens is 2. The van der Waals surface area contributed by atoms with E-state index in [2.05, 4.69) is 22.1 Å². The number of ether oxygens (including phenoxy) is 1. The largest absolute Gasteiger partial charge is 0.445 e. The molecule has 118 valence electrons. The number of hydrogen-bond donors (Lipinski definition) is 1. The molecule has 0 aliphatic heterocycles. The van der Waals surface area contributed by atoms with E-state index in [9.17, 15) is 4.79 Å². The van der Waals surface area contributed by atoms with Gasteiger partial charge in [-0.25, -0.2) is 4.79 Å². The predicted molar refractivity (Wildman–Crippen MR) is 90.4 cm³/mol. The van der Waals surface area contributed by atoms with Crippen molar-refractivity contribution in [2.75, 3.05) is 6.54 Å². The summed E-state index contributed by atoms with van der Waals surface area (Å²) in [6.07, 6.45) is 2.94. The maximum Gasteiger partial charge on any atom is 0.407 e. The van der Waals surface area contributed by atoms with Crippen LogP contribution in [0, 0.1) is 11.8 Å². The number of hydrogen-bond acceptors (Lipinski definition) is 3. The van der Waals surface area contributed by atoms with Crippen LogP contribution >= 0.6 is 23.2 Å². The molecule has 6 heteroatoms. The summed E-state index contributed by atoms with van der Waals surface area (Å²) < 4.78 is 5.08. The zero-order valence-corrected chi connectivity index (χ0v) is 13.7. The molecule has 2 aromatic rings. The van der Waals surface area contributed by atoms with Gasteiger partial charge in [-0.2, -0.15) is 0 Å². The van der Waals surface area contributed by atoms with Gasteiger partial charge in [-0.3, -0.25) is 4.98 Å². The Hall–Kier alpha value is -2.22. The number of rotatable bonds is 4. The fourth-order valence-electron chi connectivity index (χ4n) is 1.68. The summed E-state index contributed by atoms with van der Waals surface area (Å²) in [6, 6.07) is 9.47. The van der Waals surface area contributed by atoms with Crippen LogP contribution in [-0.2, 0) is 11.3 Å². The number of carbonyl (C=O) groups excluding carboxylic acids is 1. The second-order valence-corrected chi connectivity index (χ2v) is 5.33. The molecule has 1 heterocycles. The Morgan fingerprint density at radius 3 is 2.57 bits per heavy atom. The third-order valence-corrected chi connectivity index (χ3v) is 3.37. The second-order valence-electron chi connectivity index (χ2n) is 4.52. The average molecular weight is 349 g/mol. The summed E-state index contributed by atoms with van der Waals surface area (Å²) in [5, 5.41) is 3.43. The standard InChI is InChI=1S/C17H14Cl2N2O2/c18-15-10-20-11-16(19)14(15)8-4-5-9-21-17(22)23-12-13-6-2-1-3-7-13/h1-3,6-7,10-11H,5,9,12H2,(H,21,22). The van der Waals surface area contributed by atoms with Crippen LogP contribution in [0.1, 0.15) is 17.5 Å². The maximum atomic E-state index is 11.5. The summed E-state index contributed by atoms with van der Waals surface area (Å²) in [7, 11) is 0. The van der Waals surface area contributed by atoms with Gasteiger partial charge >= 0.3 is 6.09 Å². The van der Waals surface area contributed by atoms with Crippen molar-refractivity contribution in [1.82, 2.24) is 10.3 Å². The minimum atomic E-state index is -0.476. The molecule has 0 aliphatic carbocycles. The first-order valence-corrected chi connectivity index (χ1v) is 7.65. The van der Waals surface area contributed by atoms with Gasteiger partial charge in [-0.1, -0.05) is 65.4 Å². The summed E-state index contributed by atoms with van der Waals surface area (Å²) in [5.41, 5.74) is 1.47. The topological polar surface area (TPSA) is 51.2 Å². The van der Waals surface area contributed by atoms with Gasteiger partial charge in [0.05, 0.1) is 15.6 Å². The van der Waals surface area contributed by atoms with Gasteiger partial charge in [0.25, 0.3) is 0 Å².